The summed E-state index contributed by atoms with van der Waals surface area (Å²) in [5.74, 6) is -1.89. The molecule has 1 fully saturated rings. The summed E-state index contributed by atoms with van der Waals surface area (Å²) >= 11 is 0. The number of hydrogen-bond acceptors (Lipinski definition) is 3. The van der Waals surface area contributed by atoms with Crippen LogP contribution in [-0.4, -0.2) is 28.7 Å². The number of nitrogens with one attached hydrogen (secondary N) is 1. The highest BCUT2D eigenvalue weighted by Crippen LogP contribution is 2.29. The molecule has 1 aromatic rings. The predicted octanol–water partition coefficient (Wildman–Crippen LogP) is 2.11. The molecule has 1 aliphatic rings. The number of rotatable bonds is 4. The van der Waals surface area contributed by atoms with Gasteiger partial charge < -0.3 is 5.32 Å². The Morgan fingerprint density at radius 1 is 1.38 bits per heavy atom. The van der Waals surface area contributed by atoms with Crippen LogP contribution in [0.1, 0.15) is 31.4 Å². The number of carbonyl (C=O) groups is 3. The largest absolute Gasteiger partial charge is 0.416 e. The lowest BCUT2D eigenvalue weighted by molar-refractivity contribution is -0.146. The lowest BCUT2D eigenvalue weighted by Gasteiger charge is -2.22. The molecule has 2 atom stereocenters. The molecule has 130 valence electrons. The van der Waals surface area contributed by atoms with Gasteiger partial charge in [-0.25, -0.2) is 0 Å². The molecule has 5 nitrogen and oxygen atoms in total. The molecule has 0 bridgehead atoms. The van der Waals surface area contributed by atoms with Gasteiger partial charge in [-0.1, -0.05) is 19.1 Å². The summed E-state index contributed by atoms with van der Waals surface area (Å²) in [6.45, 7) is 2.89. The van der Waals surface area contributed by atoms with Gasteiger partial charge in [0.25, 0.3) is 0 Å². The highest BCUT2D eigenvalue weighted by Gasteiger charge is 2.40. The first-order valence-corrected chi connectivity index (χ1v) is 7.41. The van der Waals surface area contributed by atoms with Crippen LogP contribution in [0.15, 0.2) is 24.3 Å². The number of nitrogens with zero attached hydrogens (tertiary/aromatic N) is 1. The molecule has 24 heavy (non-hydrogen) atoms. The van der Waals surface area contributed by atoms with Crippen molar-refractivity contribution < 1.29 is 27.6 Å². The van der Waals surface area contributed by atoms with E-state index in [1.165, 1.54) is 19.1 Å². The zero-order valence-electron chi connectivity index (χ0n) is 13.2. The second-order valence-corrected chi connectivity index (χ2v) is 5.80. The number of likely N-dealkylation sites (tertiary alicyclic amines) is 1. The van der Waals surface area contributed by atoms with Crippen LogP contribution < -0.4 is 5.32 Å². The fourth-order valence-electron chi connectivity index (χ4n) is 2.53. The third-order valence-electron chi connectivity index (χ3n) is 3.90. The highest BCUT2D eigenvalue weighted by molar-refractivity contribution is 6.06. The Kier molecular flexibility index (Phi) is 4.96. The average Bonchev–Trinajstić information content (AvgIpc) is 2.76. The van der Waals surface area contributed by atoms with Crippen molar-refractivity contribution >= 4 is 17.7 Å². The summed E-state index contributed by atoms with van der Waals surface area (Å²) < 4.78 is 38.0. The number of benzene rings is 1. The van der Waals surface area contributed by atoms with Gasteiger partial charge in [-0.2, -0.15) is 13.2 Å². The Labute approximate surface area is 136 Å². The van der Waals surface area contributed by atoms with Crippen molar-refractivity contribution in [3.05, 3.63) is 35.4 Å². The normalized spacial score (nSPS) is 19.5. The summed E-state index contributed by atoms with van der Waals surface area (Å²) in [5.41, 5.74) is -0.529. The van der Waals surface area contributed by atoms with Crippen LogP contribution in [0.5, 0.6) is 0 Å². The molecule has 1 N–H and O–H groups in total. The molecular weight excluding hydrogens is 325 g/mol. The van der Waals surface area contributed by atoms with Gasteiger partial charge in [-0.15, -0.1) is 0 Å². The molecule has 2 rings (SSSR count). The maximum Gasteiger partial charge on any atom is 0.416 e. The van der Waals surface area contributed by atoms with Crippen LogP contribution in [0.2, 0.25) is 0 Å². The van der Waals surface area contributed by atoms with E-state index < -0.39 is 41.4 Å². The van der Waals surface area contributed by atoms with Gasteiger partial charge in [-0.05, 0) is 24.6 Å². The SMILES string of the molecule is CC1CC(=O)N(C(C)C(=O)NCc2cccc(C(F)(F)F)c2)C1=O. The summed E-state index contributed by atoms with van der Waals surface area (Å²) in [5, 5.41) is 2.46. The zero-order valence-corrected chi connectivity index (χ0v) is 13.2. The lowest BCUT2D eigenvalue weighted by Crippen LogP contribution is -2.47. The maximum atomic E-state index is 12.7. The van der Waals surface area contributed by atoms with Gasteiger partial charge in [0.05, 0.1) is 5.56 Å². The van der Waals surface area contributed by atoms with E-state index in [0.29, 0.717) is 0 Å². The number of alkyl halides is 3. The van der Waals surface area contributed by atoms with Gasteiger partial charge in [0.15, 0.2) is 0 Å². The van der Waals surface area contributed by atoms with Gasteiger partial charge in [0.2, 0.25) is 17.7 Å². The number of halogens is 3. The van der Waals surface area contributed by atoms with Crippen molar-refractivity contribution in [2.24, 2.45) is 5.92 Å². The first-order chi connectivity index (χ1) is 11.1. The Balaban J connectivity index is 2.01. The minimum Gasteiger partial charge on any atom is -0.350 e. The molecule has 0 spiro atoms. The summed E-state index contributed by atoms with van der Waals surface area (Å²) in [4.78, 5) is 36.7. The van der Waals surface area contributed by atoms with E-state index in [4.69, 9.17) is 0 Å². The van der Waals surface area contributed by atoms with E-state index in [1.54, 1.807) is 6.92 Å². The van der Waals surface area contributed by atoms with Gasteiger partial charge >= 0.3 is 6.18 Å². The van der Waals surface area contributed by atoms with Crippen LogP contribution in [-0.2, 0) is 27.1 Å². The van der Waals surface area contributed by atoms with Crippen LogP contribution in [0.3, 0.4) is 0 Å². The summed E-state index contributed by atoms with van der Waals surface area (Å²) in [6, 6.07) is 3.59. The fourth-order valence-corrected chi connectivity index (χ4v) is 2.53. The minimum absolute atomic E-state index is 0.0596. The lowest BCUT2D eigenvalue weighted by atomic mass is 10.1. The zero-order chi connectivity index (χ0) is 18.1. The quantitative estimate of drug-likeness (QED) is 0.852. The van der Waals surface area contributed by atoms with Crippen molar-refractivity contribution in [3.63, 3.8) is 0 Å². The van der Waals surface area contributed by atoms with Gasteiger partial charge in [-0.3, -0.25) is 19.3 Å². The number of hydrogen-bond donors (Lipinski definition) is 1. The first-order valence-electron chi connectivity index (χ1n) is 7.41. The van der Waals surface area contributed by atoms with E-state index in [1.807, 2.05) is 0 Å². The van der Waals surface area contributed by atoms with E-state index in [2.05, 4.69) is 5.32 Å². The number of carbonyl (C=O) groups excluding carboxylic acids is 3. The Bertz CT molecular complexity index is 673. The van der Waals surface area contributed by atoms with Crippen LogP contribution >= 0.6 is 0 Å². The monoisotopic (exact) mass is 342 g/mol. The van der Waals surface area contributed by atoms with Gasteiger partial charge in [0, 0.05) is 18.9 Å². The number of amides is 3. The van der Waals surface area contributed by atoms with Crippen molar-refractivity contribution in [1.29, 1.82) is 0 Å². The van der Waals surface area contributed by atoms with Crippen molar-refractivity contribution in [2.45, 2.75) is 39.0 Å². The Morgan fingerprint density at radius 2 is 2.04 bits per heavy atom. The van der Waals surface area contributed by atoms with Gasteiger partial charge in [0.1, 0.15) is 6.04 Å². The smallest absolute Gasteiger partial charge is 0.350 e. The summed E-state index contributed by atoms with van der Waals surface area (Å²) in [7, 11) is 0. The third kappa shape index (κ3) is 3.74. The van der Waals surface area contributed by atoms with E-state index >= 15 is 0 Å². The molecule has 0 aromatic heterocycles. The Hall–Kier alpha value is -2.38. The third-order valence-corrected chi connectivity index (χ3v) is 3.90. The van der Waals surface area contributed by atoms with Crippen LogP contribution in [0.4, 0.5) is 13.2 Å². The van der Waals surface area contributed by atoms with Crippen LogP contribution in [0, 0.1) is 5.92 Å². The second-order valence-electron chi connectivity index (χ2n) is 5.80. The van der Waals surface area contributed by atoms with Crippen molar-refractivity contribution in [3.8, 4) is 0 Å². The van der Waals surface area contributed by atoms with E-state index in [9.17, 15) is 27.6 Å². The molecule has 0 radical (unpaired) electrons. The second kappa shape index (κ2) is 6.62. The molecular formula is C16H17F3N2O3. The van der Waals surface area contributed by atoms with Crippen LogP contribution in [0.25, 0.3) is 0 Å². The standard InChI is InChI=1S/C16H17F3N2O3/c1-9-6-13(22)21(15(9)24)10(2)14(23)20-8-11-4-3-5-12(7-11)16(17,18)19/h3-5,7,9-10H,6,8H2,1-2H3,(H,20,23). The number of imide groups is 1. The average molecular weight is 342 g/mol. The highest BCUT2D eigenvalue weighted by atomic mass is 19.4. The topological polar surface area (TPSA) is 66.5 Å². The predicted molar refractivity (Wildman–Crippen MR) is 78.4 cm³/mol. The first kappa shape index (κ1) is 18.0. The molecule has 1 aliphatic heterocycles. The fraction of sp³-hybridized carbons (Fsp3) is 0.438. The molecule has 0 aliphatic carbocycles. The maximum absolute atomic E-state index is 12.7. The molecule has 3 amide bonds. The molecule has 0 saturated carbocycles. The molecule has 8 heteroatoms. The summed E-state index contributed by atoms with van der Waals surface area (Å²) in [6.07, 6.45) is -4.40. The molecule has 1 aromatic carbocycles. The molecule has 1 heterocycles. The van der Waals surface area contributed by atoms with Crippen molar-refractivity contribution in [2.75, 3.05) is 0 Å². The van der Waals surface area contributed by atoms with E-state index in [-0.39, 0.29) is 18.5 Å². The minimum atomic E-state index is -4.46. The Morgan fingerprint density at radius 3 is 2.58 bits per heavy atom. The van der Waals surface area contributed by atoms with E-state index in [0.717, 1.165) is 17.0 Å². The molecule has 2 unspecified atom stereocenters. The molecule has 1 saturated heterocycles. The van der Waals surface area contributed by atoms with Crippen molar-refractivity contribution in [1.82, 2.24) is 10.2 Å².